The van der Waals surface area contributed by atoms with Crippen LogP contribution in [0.1, 0.15) is 12.8 Å². The van der Waals surface area contributed by atoms with Gasteiger partial charge in [-0.05, 0) is 26.4 Å². The molecule has 0 aromatic heterocycles. The minimum absolute atomic E-state index is 0. The lowest BCUT2D eigenvalue weighted by Crippen LogP contribution is -2.43. The summed E-state index contributed by atoms with van der Waals surface area (Å²) >= 11 is 0. The highest BCUT2D eigenvalue weighted by Gasteiger charge is 2.24. The fourth-order valence-corrected chi connectivity index (χ4v) is 2.40. The lowest BCUT2D eigenvalue weighted by atomic mass is 10.2. The van der Waals surface area contributed by atoms with E-state index in [9.17, 15) is 8.42 Å². The second-order valence-corrected chi connectivity index (χ2v) is 4.88. The number of rotatable bonds is 2. The van der Waals surface area contributed by atoms with Crippen molar-refractivity contribution in [3.8, 4) is 0 Å². The van der Waals surface area contributed by atoms with Crippen LogP contribution < -0.4 is 10.0 Å². The lowest BCUT2D eigenvalue weighted by molar-refractivity contribution is 0.493. The topological polar surface area (TPSA) is 58.2 Å². The van der Waals surface area contributed by atoms with Crippen molar-refractivity contribution < 1.29 is 8.42 Å². The first-order valence-electron chi connectivity index (χ1n) is 3.80. The molecule has 0 aromatic rings. The van der Waals surface area contributed by atoms with Crippen molar-refractivity contribution in [3.63, 3.8) is 0 Å². The average Bonchev–Trinajstić information content (AvgIpc) is 2.06. The summed E-state index contributed by atoms with van der Waals surface area (Å²) in [5.41, 5.74) is 0. The predicted octanol–water partition coefficient (Wildman–Crippen LogP) is -0.291. The molecule has 6 heteroatoms. The number of nitrogens with one attached hydrogen (secondary N) is 2. The van der Waals surface area contributed by atoms with Gasteiger partial charge < -0.3 is 5.32 Å². The van der Waals surface area contributed by atoms with E-state index in [1.54, 1.807) is 0 Å². The van der Waals surface area contributed by atoms with Crippen LogP contribution in [0.3, 0.4) is 0 Å². The van der Waals surface area contributed by atoms with E-state index in [1.807, 2.05) is 0 Å². The Labute approximate surface area is 79.6 Å². The van der Waals surface area contributed by atoms with Gasteiger partial charge in [0, 0.05) is 6.54 Å². The van der Waals surface area contributed by atoms with Crippen LogP contribution in [0.25, 0.3) is 0 Å². The molecule has 0 spiro atoms. The summed E-state index contributed by atoms with van der Waals surface area (Å²) in [5.74, 6) is 0. The summed E-state index contributed by atoms with van der Waals surface area (Å²) in [7, 11) is -1.57. The van der Waals surface area contributed by atoms with Crippen molar-refractivity contribution in [3.05, 3.63) is 0 Å². The van der Waals surface area contributed by atoms with Crippen LogP contribution in [-0.4, -0.2) is 33.8 Å². The fraction of sp³-hybridized carbons (Fsp3) is 1.00. The molecule has 0 aliphatic carbocycles. The Morgan fingerprint density at radius 1 is 1.50 bits per heavy atom. The largest absolute Gasteiger partial charge is 0.315 e. The molecule has 1 atom stereocenters. The molecule has 4 nitrogen and oxygen atoms in total. The standard InChI is InChI=1S/C6H14N2O2S.ClH/c1-7-11(9,10)6-3-2-4-8-5-6;/h6-8H,2-5H2,1H3;1H. The third-order valence-corrected chi connectivity index (χ3v) is 3.82. The third kappa shape index (κ3) is 2.90. The van der Waals surface area contributed by atoms with Gasteiger partial charge in [0.1, 0.15) is 0 Å². The maximum absolute atomic E-state index is 11.2. The van der Waals surface area contributed by atoms with E-state index < -0.39 is 10.0 Å². The Morgan fingerprint density at radius 3 is 2.58 bits per heavy atom. The summed E-state index contributed by atoms with van der Waals surface area (Å²) in [4.78, 5) is 0. The molecule has 2 N–H and O–H groups in total. The van der Waals surface area contributed by atoms with Gasteiger partial charge in [-0.15, -0.1) is 12.4 Å². The number of halogens is 1. The van der Waals surface area contributed by atoms with Crippen LogP contribution in [0.15, 0.2) is 0 Å². The molecule has 0 radical (unpaired) electrons. The van der Waals surface area contributed by atoms with Gasteiger partial charge in [-0.3, -0.25) is 0 Å². The molecule has 1 saturated heterocycles. The normalized spacial score (nSPS) is 24.6. The highest BCUT2D eigenvalue weighted by Crippen LogP contribution is 2.09. The minimum atomic E-state index is -3.03. The molecule has 0 aromatic carbocycles. The van der Waals surface area contributed by atoms with Crippen molar-refractivity contribution in [2.75, 3.05) is 20.1 Å². The quantitative estimate of drug-likeness (QED) is 0.664. The molecule has 12 heavy (non-hydrogen) atoms. The second-order valence-electron chi connectivity index (χ2n) is 2.72. The molecule has 0 amide bonds. The van der Waals surface area contributed by atoms with Crippen LogP contribution in [0.2, 0.25) is 0 Å². The van der Waals surface area contributed by atoms with Gasteiger partial charge in [-0.25, -0.2) is 13.1 Å². The zero-order valence-electron chi connectivity index (χ0n) is 7.04. The molecule has 1 fully saturated rings. The van der Waals surface area contributed by atoms with Crippen molar-refractivity contribution in [1.82, 2.24) is 10.0 Å². The molecule has 1 aliphatic heterocycles. The van der Waals surface area contributed by atoms with Crippen LogP contribution in [-0.2, 0) is 10.0 Å². The molecule has 1 heterocycles. The van der Waals surface area contributed by atoms with Gasteiger partial charge in [0.2, 0.25) is 10.0 Å². The van der Waals surface area contributed by atoms with Crippen molar-refractivity contribution in [1.29, 1.82) is 0 Å². The van der Waals surface area contributed by atoms with Gasteiger partial charge in [0.15, 0.2) is 0 Å². The van der Waals surface area contributed by atoms with E-state index in [-0.39, 0.29) is 17.7 Å². The maximum atomic E-state index is 11.2. The first-order chi connectivity index (χ1) is 5.17. The molecule has 0 saturated carbocycles. The Morgan fingerprint density at radius 2 is 2.17 bits per heavy atom. The minimum Gasteiger partial charge on any atom is -0.315 e. The molecule has 1 rings (SSSR count). The summed E-state index contributed by atoms with van der Waals surface area (Å²) in [5, 5.41) is 2.82. The van der Waals surface area contributed by atoms with E-state index in [4.69, 9.17) is 0 Å². The zero-order chi connectivity index (χ0) is 8.32. The zero-order valence-corrected chi connectivity index (χ0v) is 8.67. The molecule has 1 unspecified atom stereocenters. The smallest absolute Gasteiger partial charge is 0.215 e. The molecular formula is C6H15ClN2O2S. The monoisotopic (exact) mass is 214 g/mol. The molecule has 0 bridgehead atoms. The van der Waals surface area contributed by atoms with Crippen molar-refractivity contribution in [2.45, 2.75) is 18.1 Å². The van der Waals surface area contributed by atoms with E-state index >= 15 is 0 Å². The third-order valence-electron chi connectivity index (χ3n) is 1.98. The first kappa shape index (κ1) is 12.2. The van der Waals surface area contributed by atoms with E-state index in [0.717, 1.165) is 19.4 Å². The summed E-state index contributed by atoms with van der Waals surface area (Å²) in [6, 6.07) is 0. The number of sulfonamides is 1. The highest BCUT2D eigenvalue weighted by molar-refractivity contribution is 7.90. The fourth-order valence-electron chi connectivity index (χ4n) is 1.25. The van der Waals surface area contributed by atoms with Crippen LogP contribution in [0.5, 0.6) is 0 Å². The summed E-state index contributed by atoms with van der Waals surface area (Å²) < 4.78 is 24.7. The Bertz CT molecular complexity index is 212. The van der Waals surface area contributed by atoms with Gasteiger partial charge in [-0.2, -0.15) is 0 Å². The second kappa shape index (κ2) is 5.01. The van der Waals surface area contributed by atoms with Gasteiger partial charge in [-0.1, -0.05) is 0 Å². The van der Waals surface area contributed by atoms with Crippen LogP contribution in [0, 0.1) is 0 Å². The van der Waals surface area contributed by atoms with Gasteiger partial charge >= 0.3 is 0 Å². The van der Waals surface area contributed by atoms with E-state index in [2.05, 4.69) is 10.0 Å². The van der Waals surface area contributed by atoms with Crippen molar-refractivity contribution in [2.24, 2.45) is 0 Å². The number of hydrogen-bond acceptors (Lipinski definition) is 3. The molecule has 1 aliphatic rings. The highest BCUT2D eigenvalue weighted by atomic mass is 35.5. The number of hydrogen-bond donors (Lipinski definition) is 2. The van der Waals surface area contributed by atoms with Crippen molar-refractivity contribution >= 4 is 22.4 Å². The Balaban J connectivity index is 0.00000121. The molecule has 74 valence electrons. The van der Waals surface area contributed by atoms with Gasteiger partial charge in [0.25, 0.3) is 0 Å². The number of piperidine rings is 1. The summed E-state index contributed by atoms with van der Waals surface area (Å²) in [6.07, 6.45) is 1.72. The first-order valence-corrected chi connectivity index (χ1v) is 5.34. The average molecular weight is 215 g/mol. The SMILES string of the molecule is CNS(=O)(=O)C1CCCNC1.Cl. The molecular weight excluding hydrogens is 200 g/mol. The predicted molar refractivity (Wildman–Crippen MR) is 51.1 cm³/mol. The Hall–Kier alpha value is 0.160. The maximum Gasteiger partial charge on any atom is 0.215 e. The van der Waals surface area contributed by atoms with E-state index in [0.29, 0.717) is 6.54 Å². The van der Waals surface area contributed by atoms with Gasteiger partial charge in [0.05, 0.1) is 5.25 Å². The Kier molecular flexibility index (Phi) is 5.08. The van der Waals surface area contributed by atoms with Crippen LogP contribution >= 0.6 is 12.4 Å². The summed E-state index contributed by atoms with van der Waals surface area (Å²) in [6.45, 7) is 1.53. The van der Waals surface area contributed by atoms with Crippen LogP contribution in [0.4, 0.5) is 0 Å². The lowest BCUT2D eigenvalue weighted by Gasteiger charge is -2.21. The van der Waals surface area contributed by atoms with E-state index in [1.165, 1.54) is 7.05 Å².